The van der Waals surface area contributed by atoms with Crippen molar-refractivity contribution in [1.29, 1.82) is 0 Å². The Balaban J connectivity index is 3.11. The molecule has 62 valence electrons. The van der Waals surface area contributed by atoms with Gasteiger partial charge in [0.1, 0.15) is 5.89 Å². The molecule has 0 spiro atoms. The molecule has 0 saturated heterocycles. The van der Waals surface area contributed by atoms with E-state index in [9.17, 15) is 4.79 Å². The van der Waals surface area contributed by atoms with Gasteiger partial charge in [-0.2, -0.15) is 0 Å². The van der Waals surface area contributed by atoms with E-state index < -0.39 is 24.1 Å². The highest BCUT2D eigenvalue weighted by Crippen LogP contribution is 2.09. The van der Waals surface area contributed by atoms with Crippen molar-refractivity contribution in [2.45, 2.75) is 13.1 Å². The summed E-state index contributed by atoms with van der Waals surface area (Å²) in [4.78, 5) is 11.5. The fourth-order valence-electron chi connectivity index (χ4n) is 0.672. The third-order valence-electron chi connectivity index (χ3n) is 1.15. The molecule has 0 radical (unpaired) electrons. The summed E-state index contributed by atoms with van der Waals surface area (Å²) in [7, 11) is 0. The molecule has 1 heterocycles. The number of nitrogens with two attached hydrogens (primary N) is 1. The Hall–Kier alpha value is -1.03. The van der Waals surface area contributed by atoms with E-state index in [1.165, 1.54) is 0 Å². The third-order valence-corrected chi connectivity index (χ3v) is 1.15. The van der Waals surface area contributed by atoms with E-state index in [-0.39, 0.29) is 6.61 Å². The molecule has 11 heavy (non-hydrogen) atoms. The molecule has 0 aromatic rings. The van der Waals surface area contributed by atoms with Crippen LogP contribution in [0.2, 0.25) is 1.41 Å². The highest BCUT2D eigenvalue weighted by molar-refractivity contribution is 5.75. The van der Waals surface area contributed by atoms with Gasteiger partial charge in [0.25, 0.3) is 0 Å². The standard InChI is InChI=1S/C7H12N2O2/c1-2-11-7(10)5-3-4-9-6(5)8/h3-6,9H,2,8H2,1H3/i3D,5D,6D/hD. The third kappa shape index (κ3) is 1.71. The second-order valence-corrected chi connectivity index (χ2v) is 1.88. The second kappa shape index (κ2) is 3.39. The number of hydrogen-bond acceptors (Lipinski definition) is 4. The number of ether oxygens (including phenoxy) is 1. The molecule has 2 atom stereocenters. The Labute approximate surface area is 71.1 Å². The quantitative estimate of drug-likeness (QED) is 0.538. The van der Waals surface area contributed by atoms with Crippen LogP contribution >= 0.6 is 0 Å². The van der Waals surface area contributed by atoms with E-state index in [4.69, 9.17) is 11.3 Å². The lowest BCUT2D eigenvalue weighted by Gasteiger charge is -2.12. The van der Waals surface area contributed by atoms with Crippen LogP contribution in [0.5, 0.6) is 0 Å². The van der Waals surface area contributed by atoms with Crippen LogP contribution < -0.4 is 11.0 Å². The summed E-state index contributed by atoms with van der Waals surface area (Å²) in [5, 5.41) is 0.402. The molecule has 4 nitrogen and oxygen atoms in total. The summed E-state index contributed by atoms with van der Waals surface area (Å²) in [5.74, 6) is -3.45. The van der Waals surface area contributed by atoms with Gasteiger partial charge in [0, 0.05) is 0 Å². The van der Waals surface area contributed by atoms with Crippen LogP contribution in [0.15, 0.2) is 12.3 Å². The van der Waals surface area contributed by atoms with Gasteiger partial charge in [-0.05, 0) is 13.1 Å². The molecule has 0 fully saturated rings. The molecule has 0 aliphatic carbocycles. The summed E-state index contributed by atoms with van der Waals surface area (Å²) in [6.45, 7) is 1.57. The zero-order valence-corrected chi connectivity index (χ0v) is 6.13. The largest absolute Gasteiger partial charge is 0.465 e. The highest BCUT2D eigenvalue weighted by atomic mass is 16.5. The number of esters is 1. The van der Waals surface area contributed by atoms with Crippen LogP contribution in [0, 0.1) is 5.89 Å². The summed E-state index contributed by atoms with van der Waals surface area (Å²) >= 11 is 0. The van der Waals surface area contributed by atoms with Crippen molar-refractivity contribution in [3.05, 3.63) is 12.3 Å². The first-order chi connectivity index (χ1) is 6.78. The average Bonchev–Trinajstić information content (AvgIpc) is 2.29. The second-order valence-electron chi connectivity index (χ2n) is 1.88. The molecule has 0 aromatic heterocycles. The van der Waals surface area contributed by atoms with Gasteiger partial charge in [0.15, 0.2) is 1.41 Å². The first kappa shape index (κ1) is 4.11. The predicted octanol–water partition coefficient (Wildman–Crippen LogP) is -0.433. The summed E-state index contributed by atoms with van der Waals surface area (Å²) in [5.41, 5.74) is 5.37. The molecule has 1 rings (SSSR count). The lowest BCUT2D eigenvalue weighted by Crippen LogP contribution is -2.40. The molecule has 4 heteroatoms. The Kier molecular flexibility index (Phi) is 1.27. The van der Waals surface area contributed by atoms with Gasteiger partial charge < -0.3 is 15.8 Å². The van der Waals surface area contributed by atoms with E-state index in [0.29, 0.717) is 5.31 Å². The zero-order valence-electron chi connectivity index (χ0n) is 10.1. The molecule has 0 amide bonds. The molecular formula is C7H12N2O2. The Morgan fingerprint density at radius 2 is 2.91 bits per heavy atom. The molecule has 1 aliphatic rings. The van der Waals surface area contributed by atoms with E-state index in [1.54, 1.807) is 6.92 Å². The lowest BCUT2D eigenvalue weighted by molar-refractivity contribution is -0.146. The van der Waals surface area contributed by atoms with Crippen LogP contribution in [0.25, 0.3) is 0 Å². The molecule has 2 unspecified atom stereocenters. The van der Waals surface area contributed by atoms with Gasteiger partial charge in [-0.25, -0.2) is 0 Å². The smallest absolute Gasteiger partial charge is 0.316 e. The minimum atomic E-state index is -2.37. The van der Waals surface area contributed by atoms with Gasteiger partial charge in [-0.3, -0.25) is 4.79 Å². The molecule has 0 aromatic carbocycles. The summed E-state index contributed by atoms with van der Waals surface area (Å²) in [6, 6.07) is -0.520. The average molecular weight is 160 g/mol. The summed E-state index contributed by atoms with van der Waals surface area (Å²) in [6.07, 6.45) is -1.48. The number of nitrogens with one attached hydrogen (secondary N) is 1. The van der Waals surface area contributed by atoms with Crippen molar-refractivity contribution in [3.63, 3.8) is 0 Å². The first-order valence-corrected chi connectivity index (χ1v) is 3.21. The van der Waals surface area contributed by atoms with Gasteiger partial charge in [-0.15, -0.1) is 0 Å². The van der Waals surface area contributed by atoms with Gasteiger partial charge in [0.05, 0.1) is 16.9 Å². The Bertz CT molecular complexity index is 320. The number of rotatable bonds is 2. The van der Waals surface area contributed by atoms with Gasteiger partial charge in [-0.1, -0.05) is 6.05 Å². The van der Waals surface area contributed by atoms with E-state index >= 15 is 0 Å². The molecular weight excluding hydrogens is 144 g/mol. The monoisotopic (exact) mass is 160 g/mol. The van der Waals surface area contributed by atoms with E-state index in [2.05, 4.69) is 4.74 Å². The Morgan fingerprint density at radius 3 is 3.36 bits per heavy atom. The fraction of sp³-hybridized carbons (Fsp3) is 0.571. The van der Waals surface area contributed by atoms with Crippen LogP contribution in [-0.4, -0.2) is 18.7 Å². The van der Waals surface area contributed by atoms with Crippen molar-refractivity contribution in [2.24, 2.45) is 11.6 Å². The van der Waals surface area contributed by atoms with Crippen molar-refractivity contribution in [1.82, 2.24) is 5.31 Å². The zero-order chi connectivity index (χ0) is 11.9. The van der Waals surface area contributed by atoms with Crippen molar-refractivity contribution >= 4 is 5.97 Å². The molecule has 3 N–H and O–H groups in total. The maximum atomic E-state index is 11.5. The topological polar surface area (TPSA) is 64.3 Å². The minimum Gasteiger partial charge on any atom is -0.465 e. The maximum Gasteiger partial charge on any atom is 0.316 e. The Morgan fingerprint density at radius 1 is 2.18 bits per heavy atom. The fourth-order valence-corrected chi connectivity index (χ4v) is 0.672. The molecule has 0 bridgehead atoms. The van der Waals surface area contributed by atoms with Crippen LogP contribution in [0.4, 0.5) is 0 Å². The van der Waals surface area contributed by atoms with Crippen LogP contribution in [0.3, 0.4) is 0 Å². The number of carbonyl (C=O) groups is 1. The first-order valence-electron chi connectivity index (χ1n) is 5.16. The van der Waals surface area contributed by atoms with Crippen LogP contribution in [-0.2, 0) is 9.53 Å². The maximum absolute atomic E-state index is 11.5. The van der Waals surface area contributed by atoms with E-state index in [1.807, 2.05) is 0 Å². The highest BCUT2D eigenvalue weighted by Gasteiger charge is 2.26. The number of hydrogen-bond donors (Lipinski definition) is 2. The van der Waals surface area contributed by atoms with Crippen LogP contribution in [0.1, 0.15) is 11.0 Å². The SMILES string of the molecule is [2H]C1=CN([2H])C([2H])(N)C1([2H])C(=O)OCC. The molecule has 0 saturated carbocycles. The number of carbonyl (C=O) groups excluding carboxylic acids is 1. The van der Waals surface area contributed by atoms with Crippen molar-refractivity contribution < 1.29 is 15.1 Å². The lowest BCUT2D eigenvalue weighted by atomic mass is 10.1. The van der Waals surface area contributed by atoms with Gasteiger partial charge >= 0.3 is 5.97 Å². The normalized spacial score (nSPS) is 48.5. The minimum absolute atomic E-state index is 0.0286. The molecule has 1 aliphatic heterocycles. The predicted molar refractivity (Wildman–Crippen MR) is 40.4 cm³/mol. The van der Waals surface area contributed by atoms with E-state index in [0.717, 1.165) is 6.20 Å². The van der Waals surface area contributed by atoms with Crippen molar-refractivity contribution in [2.75, 3.05) is 6.61 Å². The van der Waals surface area contributed by atoms with Crippen molar-refractivity contribution in [3.8, 4) is 0 Å². The summed E-state index contributed by atoms with van der Waals surface area (Å²) < 4.78 is 34.5. The van der Waals surface area contributed by atoms with Gasteiger partial charge in [0.2, 0.25) is 0 Å².